The van der Waals surface area contributed by atoms with Crippen molar-refractivity contribution in [1.29, 1.82) is 0 Å². The molecule has 0 bridgehead atoms. The molecular weight excluding hydrogens is 483 g/mol. The van der Waals surface area contributed by atoms with Crippen LogP contribution in [0, 0.1) is 0 Å². The van der Waals surface area contributed by atoms with Gasteiger partial charge < -0.3 is 15.3 Å². The lowest BCUT2D eigenvalue weighted by Gasteiger charge is -2.36. The van der Waals surface area contributed by atoms with Crippen LogP contribution in [-0.2, 0) is 11.3 Å². The quantitative estimate of drug-likeness (QED) is 0.512. The molecule has 2 heterocycles. The number of rotatable bonds is 5. The average molecular weight is 508 g/mol. The van der Waals surface area contributed by atoms with E-state index in [1.54, 1.807) is 0 Å². The van der Waals surface area contributed by atoms with Gasteiger partial charge in [-0.15, -0.1) is 0 Å². The van der Waals surface area contributed by atoms with Gasteiger partial charge in [0.25, 0.3) is 0 Å². The third-order valence-electron chi connectivity index (χ3n) is 5.70. The van der Waals surface area contributed by atoms with Crippen LogP contribution in [0.3, 0.4) is 0 Å². The number of piperazine rings is 1. The Balaban J connectivity index is 0.000000364. The summed E-state index contributed by atoms with van der Waals surface area (Å²) in [6.45, 7) is 4.90. The van der Waals surface area contributed by atoms with Crippen LogP contribution in [0.1, 0.15) is 18.4 Å². The lowest BCUT2D eigenvalue weighted by atomic mass is 10.2. The van der Waals surface area contributed by atoms with Crippen LogP contribution in [0.5, 0.6) is 0 Å². The van der Waals surface area contributed by atoms with Crippen LogP contribution in [0.15, 0.2) is 48.5 Å². The summed E-state index contributed by atoms with van der Waals surface area (Å²) in [5.74, 6) is -0.823. The molecule has 1 aliphatic carbocycles. The van der Waals surface area contributed by atoms with Gasteiger partial charge in [0.15, 0.2) is 11.6 Å². The molecule has 0 radical (unpaired) electrons. The van der Waals surface area contributed by atoms with E-state index in [2.05, 4.69) is 27.2 Å². The number of nitrogens with one attached hydrogen (secondary N) is 1. The van der Waals surface area contributed by atoms with Gasteiger partial charge in [-0.1, -0.05) is 35.9 Å². The second kappa shape index (κ2) is 10.7. The van der Waals surface area contributed by atoms with Crippen molar-refractivity contribution < 1.29 is 23.1 Å². The molecule has 0 atom stereocenters. The molecule has 1 saturated heterocycles. The van der Waals surface area contributed by atoms with Gasteiger partial charge in [0.1, 0.15) is 0 Å². The first-order valence-electron chi connectivity index (χ1n) is 11.2. The second-order valence-corrected chi connectivity index (χ2v) is 8.93. The maximum Gasteiger partial charge on any atom is 0.490 e. The summed E-state index contributed by atoms with van der Waals surface area (Å²) in [6.07, 6.45) is -2.63. The van der Waals surface area contributed by atoms with E-state index in [1.807, 2.05) is 36.4 Å². The summed E-state index contributed by atoms with van der Waals surface area (Å²) < 4.78 is 31.7. The average Bonchev–Trinajstić information content (AvgIpc) is 3.65. The Hall–Kier alpha value is -3.11. The zero-order valence-electron chi connectivity index (χ0n) is 18.8. The number of carboxylic acids is 1. The molecule has 0 amide bonds. The number of alkyl halides is 3. The van der Waals surface area contributed by atoms with Crippen molar-refractivity contribution in [3.05, 3.63) is 59.1 Å². The topological polar surface area (TPSA) is 81.6 Å². The second-order valence-electron chi connectivity index (χ2n) is 8.50. The van der Waals surface area contributed by atoms with Crippen LogP contribution >= 0.6 is 11.6 Å². The van der Waals surface area contributed by atoms with Crippen LogP contribution in [0.2, 0.25) is 5.02 Å². The van der Waals surface area contributed by atoms with Gasteiger partial charge in [-0.25, -0.2) is 14.8 Å². The van der Waals surface area contributed by atoms with Crippen LogP contribution < -0.4 is 10.2 Å². The zero-order valence-corrected chi connectivity index (χ0v) is 19.6. The fraction of sp³-hybridized carbons (Fsp3) is 0.375. The van der Waals surface area contributed by atoms with Gasteiger partial charge in [-0.2, -0.15) is 13.2 Å². The molecule has 3 aromatic rings. The van der Waals surface area contributed by atoms with Crippen molar-refractivity contribution in [1.82, 2.24) is 14.9 Å². The van der Waals surface area contributed by atoms with E-state index in [0.717, 1.165) is 60.4 Å². The summed E-state index contributed by atoms with van der Waals surface area (Å²) in [6, 6.07) is 16.8. The molecule has 7 nitrogen and oxygen atoms in total. The molecule has 1 saturated carbocycles. The minimum absolute atomic E-state index is 0.556. The molecule has 1 aliphatic heterocycles. The van der Waals surface area contributed by atoms with Gasteiger partial charge in [0.2, 0.25) is 0 Å². The zero-order chi connectivity index (χ0) is 25.0. The Morgan fingerprint density at radius 1 is 1.00 bits per heavy atom. The number of anilines is 2. The smallest absolute Gasteiger partial charge is 0.475 e. The molecule has 11 heteroatoms. The normalized spacial score (nSPS) is 16.5. The van der Waals surface area contributed by atoms with Crippen LogP contribution in [0.25, 0.3) is 11.0 Å². The van der Waals surface area contributed by atoms with Crippen molar-refractivity contribution in [2.45, 2.75) is 31.6 Å². The van der Waals surface area contributed by atoms with Crippen molar-refractivity contribution in [3.63, 3.8) is 0 Å². The van der Waals surface area contributed by atoms with E-state index in [4.69, 9.17) is 31.5 Å². The standard InChI is InChI=1S/C22H24ClN5.C2HF3O2/c23-17-7-5-16(6-8-17)15-27-11-13-28(14-12-27)22-21(24-18-9-10-18)25-19-3-1-2-4-20(19)26-22;3-2(4,5)1(6)7/h1-8,18H,9-15H2,(H,24,25);(H,6,7). The van der Waals surface area contributed by atoms with Gasteiger partial charge >= 0.3 is 12.1 Å². The van der Waals surface area contributed by atoms with Gasteiger partial charge in [-0.05, 0) is 42.7 Å². The van der Waals surface area contributed by atoms with E-state index in [-0.39, 0.29) is 0 Å². The number of nitrogens with zero attached hydrogens (tertiary/aromatic N) is 4. The number of carbonyl (C=O) groups is 1. The van der Waals surface area contributed by atoms with Crippen molar-refractivity contribution in [2.75, 3.05) is 36.4 Å². The SMILES string of the molecule is Clc1ccc(CN2CCN(c3nc4ccccc4nc3NC3CC3)CC2)cc1.O=C(O)C(F)(F)F. The van der Waals surface area contributed by atoms with E-state index >= 15 is 0 Å². The number of aromatic nitrogens is 2. The Morgan fingerprint density at radius 3 is 2.11 bits per heavy atom. The maximum atomic E-state index is 10.6. The number of benzene rings is 2. The van der Waals surface area contributed by atoms with Gasteiger partial charge in [0.05, 0.1) is 11.0 Å². The van der Waals surface area contributed by atoms with E-state index in [9.17, 15) is 13.2 Å². The minimum Gasteiger partial charge on any atom is -0.475 e. The summed E-state index contributed by atoms with van der Waals surface area (Å²) in [7, 11) is 0. The molecule has 2 aromatic carbocycles. The molecule has 2 fully saturated rings. The highest BCUT2D eigenvalue weighted by Gasteiger charge is 2.38. The first-order chi connectivity index (χ1) is 16.7. The Bertz CT molecular complexity index is 1160. The van der Waals surface area contributed by atoms with E-state index in [0.29, 0.717) is 6.04 Å². The Kier molecular flexibility index (Phi) is 7.61. The summed E-state index contributed by atoms with van der Waals surface area (Å²) in [5, 5.41) is 11.5. The molecule has 1 aromatic heterocycles. The largest absolute Gasteiger partial charge is 0.490 e. The lowest BCUT2D eigenvalue weighted by Crippen LogP contribution is -2.46. The fourth-order valence-electron chi connectivity index (χ4n) is 3.69. The highest BCUT2D eigenvalue weighted by Crippen LogP contribution is 2.31. The van der Waals surface area contributed by atoms with Gasteiger partial charge in [-0.3, -0.25) is 4.90 Å². The maximum absolute atomic E-state index is 10.6. The number of fused-ring (bicyclic) bond motifs is 1. The van der Waals surface area contributed by atoms with E-state index < -0.39 is 12.1 Å². The number of hydrogen-bond acceptors (Lipinski definition) is 6. The molecule has 35 heavy (non-hydrogen) atoms. The molecule has 2 aliphatic rings. The first-order valence-corrected chi connectivity index (χ1v) is 11.6. The molecule has 2 N–H and O–H groups in total. The molecule has 0 unspecified atom stereocenters. The highest BCUT2D eigenvalue weighted by molar-refractivity contribution is 6.30. The number of hydrogen-bond donors (Lipinski definition) is 2. The number of carboxylic acid groups (broad SMARTS) is 1. The summed E-state index contributed by atoms with van der Waals surface area (Å²) in [4.78, 5) is 23.6. The third-order valence-corrected chi connectivity index (χ3v) is 5.96. The fourth-order valence-corrected chi connectivity index (χ4v) is 3.82. The van der Waals surface area contributed by atoms with Crippen molar-refractivity contribution in [3.8, 4) is 0 Å². The Labute approximate surface area is 205 Å². The molecule has 0 spiro atoms. The molecule has 5 rings (SSSR count). The van der Waals surface area contributed by atoms with Crippen LogP contribution in [-0.4, -0.2) is 64.3 Å². The summed E-state index contributed by atoms with van der Waals surface area (Å²) in [5.41, 5.74) is 3.22. The van der Waals surface area contributed by atoms with Crippen LogP contribution in [0.4, 0.5) is 24.8 Å². The Morgan fingerprint density at radius 2 is 1.57 bits per heavy atom. The minimum atomic E-state index is -5.08. The summed E-state index contributed by atoms with van der Waals surface area (Å²) >= 11 is 6.00. The van der Waals surface area contributed by atoms with Crippen molar-refractivity contribution >= 4 is 40.2 Å². The predicted molar refractivity (Wildman–Crippen MR) is 129 cm³/mol. The van der Waals surface area contributed by atoms with Gasteiger partial charge in [0, 0.05) is 43.8 Å². The number of para-hydroxylation sites is 2. The number of halogens is 4. The van der Waals surface area contributed by atoms with Crippen molar-refractivity contribution in [2.24, 2.45) is 0 Å². The first kappa shape index (κ1) is 25.0. The molecular formula is C24H25ClF3N5O2. The van der Waals surface area contributed by atoms with E-state index in [1.165, 1.54) is 18.4 Å². The lowest BCUT2D eigenvalue weighted by molar-refractivity contribution is -0.192. The highest BCUT2D eigenvalue weighted by atomic mass is 35.5. The monoisotopic (exact) mass is 507 g/mol. The molecule has 186 valence electrons. The third kappa shape index (κ3) is 6.95. The number of aliphatic carboxylic acids is 1. The predicted octanol–water partition coefficient (Wildman–Crippen LogP) is 4.81.